The molecule has 0 amide bonds. The van der Waals surface area contributed by atoms with Crippen LogP contribution < -0.4 is 0 Å². The maximum Gasteiger partial charge on any atom is 0.230 e. The zero-order chi connectivity index (χ0) is 11.9. The molecule has 82 valence electrons. The fraction of sp³-hybridized carbons (Fsp3) is 0.167. The van der Waals surface area contributed by atoms with Gasteiger partial charge >= 0.3 is 0 Å². The van der Waals surface area contributed by atoms with E-state index >= 15 is 0 Å². The van der Waals surface area contributed by atoms with Gasteiger partial charge in [-0.2, -0.15) is 0 Å². The molecule has 0 saturated heterocycles. The van der Waals surface area contributed by atoms with Gasteiger partial charge in [-0.15, -0.1) is 0 Å². The van der Waals surface area contributed by atoms with Gasteiger partial charge in [-0.05, 0) is 13.0 Å². The highest BCUT2D eigenvalue weighted by molar-refractivity contribution is 6.12. The molecular formula is C12H11NO3. The summed E-state index contributed by atoms with van der Waals surface area (Å²) < 4.78 is 1.14. The number of hydrogen-bond acceptors (Lipinski definition) is 3. The number of Topliss-reactive ketones (excluding diaryl/α,β-unsaturated/α-hetero) is 1. The van der Waals surface area contributed by atoms with Crippen molar-refractivity contribution in [2.24, 2.45) is 0 Å². The molecule has 1 N–H and O–H groups in total. The molecule has 1 heterocycles. The van der Waals surface area contributed by atoms with Crippen LogP contribution in [0, 0.1) is 0 Å². The van der Waals surface area contributed by atoms with E-state index in [0.717, 1.165) is 4.57 Å². The van der Waals surface area contributed by atoms with E-state index in [1.807, 2.05) is 0 Å². The number of nitrogens with zero attached hydrogens (tertiary/aromatic N) is 1. The summed E-state index contributed by atoms with van der Waals surface area (Å²) in [5, 5.41) is 10.5. The van der Waals surface area contributed by atoms with E-state index in [4.69, 9.17) is 0 Å². The Morgan fingerprint density at radius 2 is 1.81 bits per heavy atom. The highest BCUT2D eigenvalue weighted by atomic mass is 16.3. The Morgan fingerprint density at radius 3 is 2.38 bits per heavy atom. The number of benzene rings is 1. The van der Waals surface area contributed by atoms with Crippen LogP contribution in [0.4, 0.5) is 0 Å². The minimum atomic E-state index is -0.318. The van der Waals surface area contributed by atoms with Crippen molar-refractivity contribution in [3.05, 3.63) is 29.8 Å². The molecule has 0 saturated carbocycles. The number of hydrogen-bond donors (Lipinski definition) is 1. The number of aromatic hydroxyl groups is 1. The van der Waals surface area contributed by atoms with Crippen molar-refractivity contribution in [3.8, 4) is 5.88 Å². The van der Waals surface area contributed by atoms with Gasteiger partial charge in [-0.1, -0.05) is 18.2 Å². The summed E-state index contributed by atoms with van der Waals surface area (Å²) in [6, 6.07) is 6.93. The zero-order valence-corrected chi connectivity index (χ0v) is 9.02. The SMILES string of the molecule is CC(=O)c1c(O)n(C(C)=O)c2ccccc12. The number of fused-ring (bicyclic) bond motifs is 1. The molecule has 0 aliphatic heterocycles. The Morgan fingerprint density at radius 1 is 1.19 bits per heavy atom. The van der Waals surface area contributed by atoms with Gasteiger partial charge in [0.2, 0.25) is 11.8 Å². The van der Waals surface area contributed by atoms with Crippen molar-refractivity contribution >= 4 is 22.6 Å². The first-order valence-corrected chi connectivity index (χ1v) is 4.88. The summed E-state index contributed by atoms with van der Waals surface area (Å²) >= 11 is 0. The lowest BCUT2D eigenvalue weighted by atomic mass is 10.1. The topological polar surface area (TPSA) is 59.3 Å². The minimum absolute atomic E-state index is 0.200. The predicted octanol–water partition coefficient (Wildman–Crippen LogP) is 2.21. The molecule has 2 rings (SSSR count). The Kier molecular flexibility index (Phi) is 2.27. The molecule has 0 spiro atoms. The van der Waals surface area contributed by atoms with E-state index < -0.39 is 0 Å². The molecule has 16 heavy (non-hydrogen) atoms. The lowest BCUT2D eigenvalue weighted by Gasteiger charge is -2.00. The summed E-state index contributed by atoms with van der Waals surface area (Å²) in [5.41, 5.74) is 0.753. The van der Waals surface area contributed by atoms with Gasteiger partial charge in [0.15, 0.2) is 5.78 Å². The first-order valence-electron chi connectivity index (χ1n) is 4.88. The van der Waals surface area contributed by atoms with Crippen LogP contribution in [0.15, 0.2) is 24.3 Å². The predicted molar refractivity (Wildman–Crippen MR) is 59.9 cm³/mol. The van der Waals surface area contributed by atoms with Crippen LogP contribution in [0.2, 0.25) is 0 Å². The Hall–Kier alpha value is -2.10. The van der Waals surface area contributed by atoms with E-state index in [9.17, 15) is 14.7 Å². The molecule has 4 nitrogen and oxygen atoms in total. The molecule has 0 atom stereocenters. The van der Waals surface area contributed by atoms with E-state index in [1.165, 1.54) is 13.8 Å². The van der Waals surface area contributed by atoms with Gasteiger partial charge in [0.05, 0.1) is 11.1 Å². The number of rotatable bonds is 1. The van der Waals surface area contributed by atoms with E-state index in [1.54, 1.807) is 24.3 Å². The highest BCUT2D eigenvalue weighted by Gasteiger charge is 2.21. The van der Waals surface area contributed by atoms with Gasteiger partial charge in [0.1, 0.15) is 0 Å². The smallest absolute Gasteiger partial charge is 0.230 e. The molecule has 2 aromatic rings. The average Bonchev–Trinajstić information content (AvgIpc) is 2.49. The second-order valence-electron chi connectivity index (χ2n) is 3.63. The monoisotopic (exact) mass is 217 g/mol. The van der Waals surface area contributed by atoms with Crippen LogP contribution >= 0.6 is 0 Å². The lowest BCUT2D eigenvalue weighted by Crippen LogP contribution is -2.04. The molecule has 4 heteroatoms. The molecule has 0 bridgehead atoms. The van der Waals surface area contributed by atoms with E-state index in [2.05, 4.69) is 0 Å². The Labute approximate surface area is 92.1 Å². The first-order chi connectivity index (χ1) is 7.54. The summed E-state index contributed by atoms with van der Waals surface area (Å²) in [4.78, 5) is 22.8. The second kappa shape index (κ2) is 3.48. The van der Waals surface area contributed by atoms with E-state index in [-0.39, 0.29) is 23.1 Å². The normalized spacial score (nSPS) is 10.6. The first kappa shape index (κ1) is 10.4. The maximum atomic E-state index is 11.4. The zero-order valence-electron chi connectivity index (χ0n) is 9.02. The maximum absolute atomic E-state index is 11.4. The number of carbonyl (C=O) groups is 2. The van der Waals surface area contributed by atoms with Gasteiger partial charge in [0, 0.05) is 12.3 Å². The van der Waals surface area contributed by atoms with Gasteiger partial charge in [-0.25, -0.2) is 0 Å². The number of carbonyl (C=O) groups excluding carboxylic acids is 2. The molecule has 1 aromatic heterocycles. The van der Waals surface area contributed by atoms with Crippen LogP contribution in [-0.2, 0) is 0 Å². The molecule has 0 aliphatic carbocycles. The third kappa shape index (κ3) is 1.31. The van der Waals surface area contributed by atoms with E-state index in [0.29, 0.717) is 10.9 Å². The highest BCUT2D eigenvalue weighted by Crippen LogP contribution is 2.31. The fourth-order valence-electron chi connectivity index (χ4n) is 1.89. The van der Waals surface area contributed by atoms with Crippen molar-refractivity contribution in [1.82, 2.24) is 4.57 Å². The third-order valence-corrected chi connectivity index (χ3v) is 2.52. The third-order valence-electron chi connectivity index (χ3n) is 2.52. The van der Waals surface area contributed by atoms with Crippen LogP contribution in [0.3, 0.4) is 0 Å². The van der Waals surface area contributed by atoms with Crippen LogP contribution in [-0.4, -0.2) is 21.4 Å². The molecule has 1 aromatic carbocycles. The minimum Gasteiger partial charge on any atom is -0.494 e. The lowest BCUT2D eigenvalue weighted by molar-refractivity contribution is 0.0933. The summed E-state index contributed by atoms with van der Waals surface area (Å²) in [7, 11) is 0. The summed E-state index contributed by atoms with van der Waals surface area (Å²) in [6.07, 6.45) is 0. The molecule has 0 aliphatic rings. The quantitative estimate of drug-likeness (QED) is 0.745. The average molecular weight is 217 g/mol. The van der Waals surface area contributed by atoms with Gasteiger partial charge in [-0.3, -0.25) is 14.2 Å². The van der Waals surface area contributed by atoms with Crippen molar-refractivity contribution in [2.45, 2.75) is 13.8 Å². The standard InChI is InChI=1S/C12H11NO3/c1-7(14)11-9-5-3-4-6-10(9)13(8(2)15)12(11)16/h3-6,16H,1-2H3. The van der Waals surface area contributed by atoms with Crippen molar-refractivity contribution < 1.29 is 14.7 Å². The van der Waals surface area contributed by atoms with Crippen molar-refractivity contribution in [2.75, 3.05) is 0 Å². The Balaban J connectivity index is 2.97. The van der Waals surface area contributed by atoms with Crippen molar-refractivity contribution in [1.29, 1.82) is 0 Å². The summed E-state index contributed by atoms with van der Waals surface area (Å²) in [5.74, 6) is -0.851. The van der Waals surface area contributed by atoms with Crippen molar-refractivity contribution in [3.63, 3.8) is 0 Å². The number of ketones is 1. The number of aromatic nitrogens is 1. The Bertz CT molecular complexity index is 545. The van der Waals surface area contributed by atoms with Crippen LogP contribution in [0.25, 0.3) is 10.9 Å². The van der Waals surface area contributed by atoms with Crippen LogP contribution in [0.5, 0.6) is 5.88 Å². The number of para-hydroxylation sites is 1. The molecule has 0 fully saturated rings. The molecule has 0 unspecified atom stereocenters. The molecular weight excluding hydrogens is 206 g/mol. The summed E-state index contributed by atoms with van der Waals surface area (Å²) in [6.45, 7) is 2.71. The second-order valence-corrected chi connectivity index (χ2v) is 3.63. The fourth-order valence-corrected chi connectivity index (χ4v) is 1.89. The molecule has 0 radical (unpaired) electrons. The van der Waals surface area contributed by atoms with Gasteiger partial charge in [0.25, 0.3) is 0 Å². The van der Waals surface area contributed by atoms with Crippen LogP contribution in [0.1, 0.15) is 29.0 Å². The van der Waals surface area contributed by atoms with Gasteiger partial charge < -0.3 is 5.11 Å². The largest absolute Gasteiger partial charge is 0.494 e.